The molecule has 4 rings (SSSR count). The third-order valence-corrected chi connectivity index (χ3v) is 6.28. The second-order valence-corrected chi connectivity index (χ2v) is 9.11. The van der Waals surface area contributed by atoms with Crippen molar-refractivity contribution >= 4 is 12.0 Å². The number of halogens is 1. The van der Waals surface area contributed by atoms with Gasteiger partial charge in [-0.2, -0.15) is 5.10 Å². The van der Waals surface area contributed by atoms with Gasteiger partial charge in [0.15, 0.2) is 5.82 Å². The monoisotopic (exact) mass is 480 g/mol. The van der Waals surface area contributed by atoms with Crippen LogP contribution in [0.4, 0.5) is 9.18 Å². The van der Waals surface area contributed by atoms with Gasteiger partial charge in [-0.1, -0.05) is 12.1 Å². The molecule has 0 spiro atoms. The fourth-order valence-electron chi connectivity index (χ4n) is 4.45. The lowest BCUT2D eigenvalue weighted by atomic mass is 9.86. The second-order valence-electron chi connectivity index (χ2n) is 9.11. The SMILES string of the molecule is Cc1cc(-c2ncn(CC3CCC(NC(=O)O)CC3)n2)cc(C(=O)NCc2ccc(F)c(C)c2)n1. The highest BCUT2D eigenvalue weighted by Crippen LogP contribution is 2.26. The smallest absolute Gasteiger partial charge is 0.404 e. The Morgan fingerprint density at radius 2 is 1.91 bits per heavy atom. The highest BCUT2D eigenvalue weighted by Gasteiger charge is 2.23. The molecule has 0 radical (unpaired) electrons. The number of aryl methyl sites for hydroxylation is 2. The number of amides is 2. The van der Waals surface area contributed by atoms with Crippen LogP contribution in [-0.2, 0) is 13.1 Å². The van der Waals surface area contributed by atoms with Crippen molar-refractivity contribution in [1.82, 2.24) is 30.4 Å². The third kappa shape index (κ3) is 6.40. The number of aromatic nitrogens is 4. The minimum atomic E-state index is -0.972. The van der Waals surface area contributed by atoms with E-state index in [9.17, 15) is 14.0 Å². The van der Waals surface area contributed by atoms with Crippen molar-refractivity contribution in [2.45, 2.75) is 58.7 Å². The summed E-state index contributed by atoms with van der Waals surface area (Å²) in [6.45, 7) is 4.47. The van der Waals surface area contributed by atoms with E-state index in [0.717, 1.165) is 31.2 Å². The molecule has 2 heterocycles. The normalized spacial score (nSPS) is 17.7. The van der Waals surface area contributed by atoms with Crippen molar-refractivity contribution in [2.75, 3.05) is 0 Å². The first-order chi connectivity index (χ1) is 16.8. The fourth-order valence-corrected chi connectivity index (χ4v) is 4.45. The Balaban J connectivity index is 1.38. The van der Waals surface area contributed by atoms with Crippen LogP contribution in [0.3, 0.4) is 0 Å². The average molecular weight is 481 g/mol. The third-order valence-electron chi connectivity index (χ3n) is 6.28. The van der Waals surface area contributed by atoms with Crippen LogP contribution in [0, 0.1) is 25.6 Å². The van der Waals surface area contributed by atoms with Gasteiger partial charge in [0.05, 0.1) is 0 Å². The van der Waals surface area contributed by atoms with E-state index < -0.39 is 6.09 Å². The zero-order valence-electron chi connectivity index (χ0n) is 19.8. The summed E-state index contributed by atoms with van der Waals surface area (Å²) in [7, 11) is 0. The summed E-state index contributed by atoms with van der Waals surface area (Å²) < 4.78 is 15.3. The lowest BCUT2D eigenvalue weighted by Gasteiger charge is -2.28. The zero-order chi connectivity index (χ0) is 24.9. The molecule has 9 nitrogen and oxygen atoms in total. The van der Waals surface area contributed by atoms with Crippen LogP contribution in [0.2, 0.25) is 0 Å². The molecule has 1 aliphatic rings. The average Bonchev–Trinajstić information content (AvgIpc) is 3.29. The molecule has 1 fully saturated rings. The largest absolute Gasteiger partial charge is 0.465 e. The van der Waals surface area contributed by atoms with Gasteiger partial charge in [-0.05, 0) is 74.8 Å². The number of hydrogen-bond acceptors (Lipinski definition) is 5. The van der Waals surface area contributed by atoms with Crippen LogP contribution in [0.15, 0.2) is 36.7 Å². The highest BCUT2D eigenvalue weighted by atomic mass is 19.1. The number of benzene rings is 1. The Morgan fingerprint density at radius 3 is 2.63 bits per heavy atom. The van der Waals surface area contributed by atoms with E-state index >= 15 is 0 Å². The molecule has 184 valence electrons. The second kappa shape index (κ2) is 10.6. The molecule has 0 unspecified atom stereocenters. The maximum Gasteiger partial charge on any atom is 0.404 e. The van der Waals surface area contributed by atoms with Gasteiger partial charge in [0.25, 0.3) is 5.91 Å². The number of carbonyl (C=O) groups excluding carboxylic acids is 1. The van der Waals surface area contributed by atoms with E-state index in [0.29, 0.717) is 35.1 Å². The first-order valence-corrected chi connectivity index (χ1v) is 11.7. The van der Waals surface area contributed by atoms with Crippen LogP contribution in [0.5, 0.6) is 0 Å². The topological polar surface area (TPSA) is 122 Å². The molecule has 1 aliphatic carbocycles. The van der Waals surface area contributed by atoms with Crippen molar-refractivity contribution in [3.05, 3.63) is 65.0 Å². The summed E-state index contributed by atoms with van der Waals surface area (Å²) in [4.78, 5) is 32.3. The van der Waals surface area contributed by atoms with Gasteiger partial charge in [-0.15, -0.1) is 0 Å². The molecule has 3 N–H and O–H groups in total. The maximum atomic E-state index is 13.5. The van der Waals surface area contributed by atoms with Crippen molar-refractivity contribution < 1.29 is 19.1 Å². The molecule has 0 aliphatic heterocycles. The molecule has 2 aromatic heterocycles. The quantitative estimate of drug-likeness (QED) is 0.472. The van der Waals surface area contributed by atoms with Crippen molar-refractivity contribution in [3.8, 4) is 11.4 Å². The Morgan fingerprint density at radius 1 is 1.14 bits per heavy atom. The molecule has 2 amide bonds. The summed E-state index contributed by atoms with van der Waals surface area (Å²) in [5.74, 6) is 0.315. The number of pyridine rings is 1. The van der Waals surface area contributed by atoms with E-state index in [1.807, 2.05) is 13.0 Å². The predicted octanol–water partition coefficient (Wildman–Crippen LogP) is 3.85. The summed E-state index contributed by atoms with van der Waals surface area (Å²) >= 11 is 0. The Hall–Kier alpha value is -3.82. The van der Waals surface area contributed by atoms with Gasteiger partial charge >= 0.3 is 6.09 Å². The standard InChI is InChI=1S/C25H29FN6O3/c1-15-9-18(5-8-21(15)26)12-27-24(33)22-11-19(10-16(2)29-22)23-28-14-32(31-23)13-17-3-6-20(7-4-17)30-25(34)35/h5,8-11,14,17,20,30H,3-4,6-7,12-13H2,1-2H3,(H,27,33)(H,34,35). The number of rotatable bonds is 7. The van der Waals surface area contributed by atoms with E-state index in [4.69, 9.17) is 5.11 Å². The molecule has 1 saturated carbocycles. The summed E-state index contributed by atoms with van der Waals surface area (Å²) in [6.07, 6.45) is 4.19. The van der Waals surface area contributed by atoms with Crippen LogP contribution in [0.1, 0.15) is 53.0 Å². The van der Waals surface area contributed by atoms with E-state index in [1.54, 1.807) is 36.1 Å². The first kappa shape index (κ1) is 24.3. The molecule has 35 heavy (non-hydrogen) atoms. The van der Waals surface area contributed by atoms with Crippen molar-refractivity contribution in [1.29, 1.82) is 0 Å². The molecular weight excluding hydrogens is 451 g/mol. The van der Waals surface area contributed by atoms with Crippen LogP contribution in [0.25, 0.3) is 11.4 Å². The van der Waals surface area contributed by atoms with Crippen LogP contribution in [-0.4, -0.2) is 42.9 Å². The highest BCUT2D eigenvalue weighted by molar-refractivity contribution is 5.93. The minimum absolute atomic E-state index is 0.0199. The maximum absolute atomic E-state index is 13.5. The molecule has 0 atom stereocenters. The molecule has 0 saturated heterocycles. The van der Waals surface area contributed by atoms with Crippen LogP contribution >= 0.6 is 0 Å². The lowest BCUT2D eigenvalue weighted by Crippen LogP contribution is -2.37. The van der Waals surface area contributed by atoms with Gasteiger partial charge in [0, 0.05) is 30.4 Å². The number of carboxylic acid groups (broad SMARTS) is 1. The number of hydrogen-bond donors (Lipinski definition) is 3. The number of nitrogens with zero attached hydrogens (tertiary/aromatic N) is 4. The molecule has 3 aromatic rings. The molecule has 1 aromatic carbocycles. The predicted molar refractivity (Wildman–Crippen MR) is 127 cm³/mol. The molecular formula is C25H29FN6O3. The van der Waals surface area contributed by atoms with E-state index in [1.165, 1.54) is 6.07 Å². The van der Waals surface area contributed by atoms with Gasteiger partial charge < -0.3 is 15.7 Å². The molecule has 0 bridgehead atoms. The van der Waals surface area contributed by atoms with Gasteiger partial charge in [0.2, 0.25) is 0 Å². The summed E-state index contributed by atoms with van der Waals surface area (Å²) in [6, 6.07) is 8.26. The Kier molecular flexibility index (Phi) is 7.38. The van der Waals surface area contributed by atoms with E-state index in [-0.39, 0.29) is 30.0 Å². The first-order valence-electron chi connectivity index (χ1n) is 11.7. The molecule has 10 heteroatoms. The van der Waals surface area contributed by atoms with Crippen molar-refractivity contribution in [3.63, 3.8) is 0 Å². The van der Waals surface area contributed by atoms with E-state index in [2.05, 4.69) is 25.7 Å². The lowest BCUT2D eigenvalue weighted by molar-refractivity contribution is 0.0945. The summed E-state index contributed by atoms with van der Waals surface area (Å²) in [5, 5.41) is 18.9. The van der Waals surface area contributed by atoms with Gasteiger partial charge in [0.1, 0.15) is 17.8 Å². The van der Waals surface area contributed by atoms with Crippen molar-refractivity contribution in [2.24, 2.45) is 5.92 Å². The van der Waals surface area contributed by atoms with Crippen LogP contribution < -0.4 is 10.6 Å². The number of nitrogens with one attached hydrogen (secondary N) is 2. The fraction of sp³-hybridized carbons (Fsp3) is 0.400. The minimum Gasteiger partial charge on any atom is -0.465 e. The Labute approximate surface area is 202 Å². The number of carbonyl (C=O) groups is 2. The summed E-state index contributed by atoms with van der Waals surface area (Å²) in [5.41, 5.74) is 2.97. The van der Waals surface area contributed by atoms with Gasteiger partial charge in [-0.3, -0.25) is 9.48 Å². The van der Waals surface area contributed by atoms with Gasteiger partial charge in [-0.25, -0.2) is 19.2 Å². The Bertz CT molecular complexity index is 1220. The zero-order valence-corrected chi connectivity index (χ0v) is 19.8.